The van der Waals surface area contributed by atoms with Gasteiger partial charge in [-0.2, -0.15) is 0 Å². The molecule has 21 heavy (non-hydrogen) atoms. The average Bonchev–Trinajstić information content (AvgIpc) is 2.54. The van der Waals surface area contributed by atoms with Crippen LogP contribution in [0.5, 0.6) is 11.5 Å². The van der Waals surface area contributed by atoms with Gasteiger partial charge in [0.15, 0.2) is 6.61 Å². The average molecular weight is 287 g/mol. The first-order valence-electron chi connectivity index (χ1n) is 6.48. The predicted octanol–water partition coefficient (Wildman–Crippen LogP) is 2.21. The lowest BCUT2D eigenvalue weighted by atomic mass is 10.2. The van der Waals surface area contributed by atoms with E-state index in [0.717, 1.165) is 11.3 Å². The number of carbonyl (C=O) groups is 1. The van der Waals surface area contributed by atoms with Crippen molar-refractivity contribution in [2.75, 3.05) is 19.0 Å². The van der Waals surface area contributed by atoms with E-state index >= 15 is 0 Å². The Balaban J connectivity index is 1.83. The minimum Gasteiger partial charge on any atom is -0.497 e. The molecule has 0 aliphatic heterocycles. The number of benzene rings is 2. The van der Waals surface area contributed by atoms with Crippen LogP contribution >= 0.6 is 0 Å². The Bertz CT molecular complexity index is 578. The highest BCUT2D eigenvalue weighted by Crippen LogP contribution is 2.15. The van der Waals surface area contributed by atoms with E-state index in [1.165, 1.54) is 0 Å². The van der Waals surface area contributed by atoms with Crippen molar-refractivity contribution in [3.63, 3.8) is 0 Å². The van der Waals surface area contributed by atoms with Crippen LogP contribution < -0.4 is 14.8 Å². The maximum Gasteiger partial charge on any atom is 0.262 e. The summed E-state index contributed by atoms with van der Waals surface area (Å²) in [4.78, 5) is 11.8. The fourth-order valence-corrected chi connectivity index (χ4v) is 1.71. The van der Waals surface area contributed by atoms with Crippen molar-refractivity contribution in [3.8, 4) is 11.5 Å². The molecular formula is C16H17NO4. The molecule has 0 aliphatic rings. The number of hydrogen-bond acceptors (Lipinski definition) is 4. The van der Waals surface area contributed by atoms with E-state index < -0.39 is 0 Å². The Morgan fingerprint density at radius 1 is 1.05 bits per heavy atom. The number of hydrogen-bond donors (Lipinski definition) is 2. The van der Waals surface area contributed by atoms with Gasteiger partial charge in [-0.25, -0.2) is 0 Å². The highest BCUT2D eigenvalue weighted by atomic mass is 16.5. The molecule has 5 nitrogen and oxygen atoms in total. The van der Waals surface area contributed by atoms with Gasteiger partial charge in [-0.15, -0.1) is 0 Å². The van der Waals surface area contributed by atoms with Gasteiger partial charge in [0.25, 0.3) is 5.91 Å². The van der Waals surface area contributed by atoms with Gasteiger partial charge in [0.05, 0.1) is 13.7 Å². The van der Waals surface area contributed by atoms with Gasteiger partial charge in [-0.05, 0) is 42.0 Å². The summed E-state index contributed by atoms with van der Waals surface area (Å²) in [5, 5.41) is 11.7. The van der Waals surface area contributed by atoms with Crippen LogP contribution in [-0.4, -0.2) is 24.7 Å². The van der Waals surface area contributed by atoms with Crippen LogP contribution in [0.2, 0.25) is 0 Å². The molecule has 110 valence electrons. The molecule has 0 aliphatic carbocycles. The molecule has 0 unspecified atom stereocenters. The summed E-state index contributed by atoms with van der Waals surface area (Å²) < 4.78 is 10.4. The largest absolute Gasteiger partial charge is 0.497 e. The Kier molecular flexibility index (Phi) is 5.17. The third-order valence-electron chi connectivity index (χ3n) is 2.85. The first kappa shape index (κ1) is 14.9. The van der Waals surface area contributed by atoms with Gasteiger partial charge >= 0.3 is 0 Å². The molecular weight excluding hydrogens is 270 g/mol. The Labute approximate surface area is 123 Å². The molecule has 0 saturated heterocycles. The summed E-state index contributed by atoms with van der Waals surface area (Å²) in [5.41, 5.74) is 1.48. The third-order valence-corrected chi connectivity index (χ3v) is 2.85. The van der Waals surface area contributed by atoms with Crippen molar-refractivity contribution in [2.24, 2.45) is 0 Å². The van der Waals surface area contributed by atoms with Crippen LogP contribution in [0.15, 0.2) is 48.5 Å². The lowest BCUT2D eigenvalue weighted by molar-refractivity contribution is -0.118. The van der Waals surface area contributed by atoms with Crippen LogP contribution in [0.25, 0.3) is 0 Å². The number of amides is 1. The molecule has 0 aromatic heterocycles. The highest BCUT2D eigenvalue weighted by molar-refractivity contribution is 5.91. The van der Waals surface area contributed by atoms with Gasteiger partial charge in [0, 0.05) is 5.69 Å². The van der Waals surface area contributed by atoms with E-state index in [0.29, 0.717) is 11.4 Å². The van der Waals surface area contributed by atoms with E-state index in [1.54, 1.807) is 55.6 Å². The number of rotatable bonds is 6. The molecule has 0 fully saturated rings. The van der Waals surface area contributed by atoms with Crippen molar-refractivity contribution >= 4 is 11.6 Å². The zero-order chi connectivity index (χ0) is 15.1. The third kappa shape index (κ3) is 4.50. The molecule has 0 spiro atoms. The normalized spacial score (nSPS) is 10.0. The molecule has 2 aromatic rings. The number of nitrogens with one attached hydrogen (secondary N) is 1. The summed E-state index contributed by atoms with van der Waals surface area (Å²) in [5.74, 6) is 1.07. The summed E-state index contributed by atoms with van der Waals surface area (Å²) in [6, 6.07) is 14.0. The Hall–Kier alpha value is -2.53. The van der Waals surface area contributed by atoms with Gasteiger partial charge in [-0.3, -0.25) is 4.79 Å². The van der Waals surface area contributed by atoms with E-state index in [1.807, 2.05) is 0 Å². The Morgan fingerprint density at radius 3 is 2.24 bits per heavy atom. The van der Waals surface area contributed by atoms with E-state index in [9.17, 15) is 4.79 Å². The SMILES string of the molecule is COc1ccc(NC(=O)COc2ccc(CO)cc2)cc1. The van der Waals surface area contributed by atoms with Crippen molar-refractivity contribution in [3.05, 3.63) is 54.1 Å². The van der Waals surface area contributed by atoms with Crippen molar-refractivity contribution in [2.45, 2.75) is 6.61 Å². The number of aliphatic hydroxyl groups is 1. The minimum atomic E-state index is -0.244. The monoisotopic (exact) mass is 287 g/mol. The lowest BCUT2D eigenvalue weighted by Crippen LogP contribution is -2.20. The topological polar surface area (TPSA) is 67.8 Å². The highest BCUT2D eigenvalue weighted by Gasteiger charge is 2.04. The van der Waals surface area contributed by atoms with Gasteiger partial charge < -0.3 is 19.9 Å². The molecule has 0 radical (unpaired) electrons. The zero-order valence-electron chi connectivity index (χ0n) is 11.7. The van der Waals surface area contributed by atoms with E-state index in [-0.39, 0.29) is 19.1 Å². The number of aliphatic hydroxyl groups excluding tert-OH is 1. The summed E-state index contributed by atoms with van der Waals surface area (Å²) >= 11 is 0. The van der Waals surface area contributed by atoms with Gasteiger partial charge in [-0.1, -0.05) is 12.1 Å². The molecule has 0 heterocycles. The molecule has 2 rings (SSSR count). The number of methoxy groups -OCH3 is 1. The molecule has 5 heteroatoms. The fraction of sp³-hybridized carbons (Fsp3) is 0.188. The van der Waals surface area contributed by atoms with Crippen molar-refractivity contribution in [1.82, 2.24) is 0 Å². The maximum atomic E-state index is 11.8. The van der Waals surface area contributed by atoms with Crippen LogP contribution in [0.3, 0.4) is 0 Å². The fourth-order valence-electron chi connectivity index (χ4n) is 1.71. The quantitative estimate of drug-likeness (QED) is 0.854. The maximum absolute atomic E-state index is 11.8. The summed E-state index contributed by atoms with van der Waals surface area (Å²) in [7, 11) is 1.59. The first-order chi connectivity index (χ1) is 10.2. The van der Waals surface area contributed by atoms with Crippen molar-refractivity contribution in [1.29, 1.82) is 0 Å². The number of anilines is 1. The second-order valence-electron chi connectivity index (χ2n) is 4.37. The molecule has 0 bridgehead atoms. The first-order valence-corrected chi connectivity index (χ1v) is 6.48. The number of carbonyl (C=O) groups excluding carboxylic acids is 1. The molecule has 2 N–H and O–H groups in total. The summed E-state index contributed by atoms with van der Waals surface area (Å²) in [6.07, 6.45) is 0. The van der Waals surface area contributed by atoms with Crippen LogP contribution in [0.4, 0.5) is 5.69 Å². The number of ether oxygens (including phenoxy) is 2. The lowest BCUT2D eigenvalue weighted by Gasteiger charge is -2.08. The van der Waals surface area contributed by atoms with E-state index in [2.05, 4.69) is 5.32 Å². The zero-order valence-corrected chi connectivity index (χ0v) is 11.7. The molecule has 1 amide bonds. The van der Waals surface area contributed by atoms with Gasteiger partial charge in [0.1, 0.15) is 11.5 Å². The summed E-state index contributed by atoms with van der Waals surface area (Å²) in [6.45, 7) is -0.0945. The van der Waals surface area contributed by atoms with Gasteiger partial charge in [0.2, 0.25) is 0 Å². The molecule has 2 aromatic carbocycles. The second-order valence-corrected chi connectivity index (χ2v) is 4.37. The van der Waals surface area contributed by atoms with Crippen LogP contribution in [0, 0.1) is 0 Å². The van der Waals surface area contributed by atoms with Crippen LogP contribution in [-0.2, 0) is 11.4 Å². The van der Waals surface area contributed by atoms with Crippen molar-refractivity contribution < 1.29 is 19.4 Å². The van der Waals surface area contributed by atoms with Crippen LogP contribution in [0.1, 0.15) is 5.56 Å². The smallest absolute Gasteiger partial charge is 0.262 e. The van der Waals surface area contributed by atoms with E-state index in [4.69, 9.17) is 14.6 Å². The molecule has 0 atom stereocenters. The minimum absolute atomic E-state index is 0.0156. The molecule has 0 saturated carbocycles. The Morgan fingerprint density at radius 2 is 1.67 bits per heavy atom. The second kappa shape index (κ2) is 7.31. The predicted molar refractivity (Wildman–Crippen MR) is 79.5 cm³/mol. The standard InChI is InChI=1S/C16H17NO4/c1-20-14-8-4-13(5-9-14)17-16(19)11-21-15-6-2-12(10-18)3-7-15/h2-9,18H,10-11H2,1H3,(H,17,19).